The van der Waals surface area contributed by atoms with E-state index in [0.717, 1.165) is 31.4 Å². The smallest absolute Gasteiger partial charge is 0.255 e. The molecule has 1 unspecified atom stereocenters. The molecule has 5 rings (SSSR count). The Labute approximate surface area is 228 Å². The number of aromatic amines is 1. The molecule has 0 saturated carbocycles. The summed E-state index contributed by atoms with van der Waals surface area (Å²) >= 11 is 12.7. The minimum absolute atomic E-state index is 0.0675. The maximum Gasteiger partial charge on any atom is 0.255 e. The number of carbonyl (C=O) groups is 2. The molecule has 38 heavy (non-hydrogen) atoms. The third-order valence-corrected chi connectivity index (χ3v) is 7.23. The van der Waals surface area contributed by atoms with Crippen LogP contribution in [0.25, 0.3) is 21.9 Å². The van der Waals surface area contributed by atoms with E-state index in [-0.39, 0.29) is 18.9 Å². The fourth-order valence-electron chi connectivity index (χ4n) is 4.63. The van der Waals surface area contributed by atoms with Gasteiger partial charge in [0.1, 0.15) is 18.0 Å². The number of nitrogens with one attached hydrogen (secondary N) is 2. The van der Waals surface area contributed by atoms with E-state index in [1.165, 1.54) is 6.33 Å². The Morgan fingerprint density at radius 2 is 1.95 bits per heavy atom. The predicted molar refractivity (Wildman–Crippen MR) is 146 cm³/mol. The van der Waals surface area contributed by atoms with E-state index in [4.69, 9.17) is 23.2 Å². The first-order valence-electron chi connectivity index (χ1n) is 12.5. The average molecular weight is 556 g/mol. The van der Waals surface area contributed by atoms with Gasteiger partial charge in [-0.15, -0.1) is 0 Å². The summed E-state index contributed by atoms with van der Waals surface area (Å²) in [4.78, 5) is 43.9. The molecule has 12 heteroatoms. The number of rotatable bonds is 8. The van der Waals surface area contributed by atoms with Gasteiger partial charge in [0.2, 0.25) is 5.91 Å². The minimum atomic E-state index is -0.474. The van der Waals surface area contributed by atoms with Crippen molar-refractivity contribution in [2.45, 2.75) is 38.6 Å². The molecule has 1 atom stereocenters. The second-order valence-electron chi connectivity index (χ2n) is 9.20. The lowest BCUT2D eigenvalue weighted by molar-refractivity contribution is -0.164. The lowest BCUT2D eigenvalue weighted by Crippen LogP contribution is -2.28. The van der Waals surface area contributed by atoms with Crippen molar-refractivity contribution in [2.24, 2.45) is 0 Å². The van der Waals surface area contributed by atoms with Crippen LogP contribution in [0, 0.1) is 0 Å². The molecule has 0 spiro atoms. The zero-order valence-corrected chi connectivity index (χ0v) is 22.3. The molecular formula is C26H27Cl2N7O3. The fourth-order valence-corrected chi connectivity index (χ4v) is 5.04. The van der Waals surface area contributed by atoms with E-state index in [1.54, 1.807) is 36.1 Å². The summed E-state index contributed by atoms with van der Waals surface area (Å²) < 4.78 is 0. The number of H-pyrrole nitrogens is 1. The number of aromatic nitrogens is 4. The third-order valence-electron chi connectivity index (χ3n) is 6.69. The van der Waals surface area contributed by atoms with Gasteiger partial charge in [-0.2, -0.15) is 0 Å². The molecule has 2 amide bonds. The SMILES string of the molecule is CCN(O)C(=O)CCC(Nc1ncnc2cc(C(=O)N3CCCC3)c(Cl)cc12)c1nc2cc(Cl)ccc2[nH]1. The van der Waals surface area contributed by atoms with Crippen LogP contribution in [0.4, 0.5) is 5.82 Å². The van der Waals surface area contributed by atoms with Crippen molar-refractivity contribution < 1.29 is 14.8 Å². The van der Waals surface area contributed by atoms with E-state index in [2.05, 4.69) is 25.3 Å². The van der Waals surface area contributed by atoms with E-state index in [9.17, 15) is 14.8 Å². The van der Waals surface area contributed by atoms with E-state index < -0.39 is 11.9 Å². The third kappa shape index (κ3) is 5.38. The number of hydrogen-bond donors (Lipinski definition) is 3. The molecule has 1 aliphatic heterocycles. The van der Waals surface area contributed by atoms with Crippen molar-refractivity contribution in [2.75, 3.05) is 25.0 Å². The maximum atomic E-state index is 13.0. The summed E-state index contributed by atoms with van der Waals surface area (Å²) in [5.74, 6) is 0.544. The molecule has 1 saturated heterocycles. The summed E-state index contributed by atoms with van der Waals surface area (Å²) in [5.41, 5.74) is 2.45. The molecule has 2 aromatic carbocycles. The van der Waals surface area contributed by atoms with E-state index >= 15 is 0 Å². The number of likely N-dealkylation sites (tertiary alicyclic amines) is 1. The number of fused-ring (bicyclic) bond motifs is 2. The van der Waals surface area contributed by atoms with Gasteiger partial charge in [-0.1, -0.05) is 23.2 Å². The van der Waals surface area contributed by atoms with Crippen LogP contribution in [0.3, 0.4) is 0 Å². The Hall–Kier alpha value is -3.47. The molecule has 3 heterocycles. The van der Waals surface area contributed by atoms with Gasteiger partial charge in [-0.05, 0) is 56.5 Å². The summed E-state index contributed by atoms with van der Waals surface area (Å²) in [7, 11) is 0. The molecular weight excluding hydrogens is 529 g/mol. The molecule has 0 aliphatic carbocycles. The Bertz CT molecular complexity index is 1500. The number of hydrogen-bond acceptors (Lipinski definition) is 7. The highest BCUT2D eigenvalue weighted by molar-refractivity contribution is 6.35. The molecule has 2 aromatic heterocycles. The molecule has 0 bridgehead atoms. The van der Waals surface area contributed by atoms with Crippen molar-refractivity contribution in [3.8, 4) is 0 Å². The van der Waals surface area contributed by atoms with Gasteiger partial charge in [-0.25, -0.2) is 20.0 Å². The first-order valence-corrected chi connectivity index (χ1v) is 13.2. The molecule has 1 fully saturated rings. The van der Waals surface area contributed by atoms with Crippen molar-refractivity contribution in [3.63, 3.8) is 0 Å². The van der Waals surface area contributed by atoms with E-state index in [0.29, 0.717) is 55.2 Å². The number of imidazole rings is 1. The molecule has 0 radical (unpaired) electrons. The highest BCUT2D eigenvalue weighted by atomic mass is 35.5. The standard InChI is InChI=1S/C26H27Cl2N7O3/c1-2-35(38)23(36)8-7-20(25-31-19-6-5-15(27)11-22(19)33-25)32-24-17-12-18(28)16(13-21(17)29-14-30-24)26(37)34-9-3-4-10-34/h5-6,11-14,20,38H,2-4,7-10H2,1H3,(H,31,33)(H,29,30,32). The molecule has 198 valence electrons. The van der Waals surface area contributed by atoms with Gasteiger partial charge in [-0.3, -0.25) is 14.8 Å². The van der Waals surface area contributed by atoms with Crippen LogP contribution in [0.1, 0.15) is 54.8 Å². The second kappa shape index (κ2) is 11.1. The van der Waals surface area contributed by atoms with Crippen molar-refractivity contribution in [1.29, 1.82) is 0 Å². The quantitative estimate of drug-likeness (QED) is 0.201. The average Bonchev–Trinajstić information content (AvgIpc) is 3.60. The predicted octanol–water partition coefficient (Wildman–Crippen LogP) is 5.22. The fraction of sp³-hybridized carbons (Fsp3) is 0.346. The summed E-state index contributed by atoms with van der Waals surface area (Å²) in [6.07, 6.45) is 3.76. The molecule has 4 aromatic rings. The van der Waals surface area contributed by atoms with Crippen molar-refractivity contribution >= 4 is 62.8 Å². The minimum Gasteiger partial charge on any atom is -0.359 e. The number of carbonyl (C=O) groups excluding carboxylic acids is 2. The van der Waals surface area contributed by atoms with Crippen molar-refractivity contribution in [3.05, 3.63) is 58.1 Å². The lowest BCUT2D eigenvalue weighted by atomic mass is 10.1. The van der Waals surface area contributed by atoms with Gasteiger partial charge < -0.3 is 15.2 Å². The van der Waals surface area contributed by atoms with Gasteiger partial charge in [0.25, 0.3) is 5.91 Å². The lowest BCUT2D eigenvalue weighted by Gasteiger charge is -2.20. The summed E-state index contributed by atoms with van der Waals surface area (Å²) in [5, 5.41) is 15.4. The van der Waals surface area contributed by atoms with Crippen LogP contribution >= 0.6 is 23.2 Å². The monoisotopic (exact) mass is 555 g/mol. The Morgan fingerprint density at radius 3 is 2.71 bits per heavy atom. The zero-order chi connectivity index (χ0) is 26.8. The summed E-state index contributed by atoms with van der Waals surface area (Å²) in [6, 6.07) is 8.27. The van der Waals surface area contributed by atoms with Crippen LogP contribution in [0.5, 0.6) is 0 Å². The van der Waals surface area contributed by atoms with Gasteiger partial charge in [0.15, 0.2) is 0 Å². The van der Waals surface area contributed by atoms with Crippen molar-refractivity contribution in [1.82, 2.24) is 29.9 Å². The number of halogens is 2. The Morgan fingerprint density at radius 1 is 1.16 bits per heavy atom. The number of hydroxylamine groups is 2. The van der Waals surface area contributed by atoms with Crippen LogP contribution in [0.2, 0.25) is 10.0 Å². The van der Waals surface area contributed by atoms with Crippen LogP contribution < -0.4 is 5.32 Å². The van der Waals surface area contributed by atoms with Gasteiger partial charge >= 0.3 is 0 Å². The maximum absolute atomic E-state index is 13.0. The van der Waals surface area contributed by atoms with Gasteiger partial charge in [0.05, 0.1) is 33.2 Å². The molecule has 3 N–H and O–H groups in total. The Kier molecular flexibility index (Phi) is 7.64. The number of anilines is 1. The summed E-state index contributed by atoms with van der Waals surface area (Å²) in [6.45, 7) is 3.32. The normalized spacial score (nSPS) is 14.3. The first-order chi connectivity index (χ1) is 18.3. The Balaban J connectivity index is 1.48. The van der Waals surface area contributed by atoms with Crippen LogP contribution in [-0.2, 0) is 4.79 Å². The topological polar surface area (TPSA) is 127 Å². The number of nitrogens with zero attached hydrogens (tertiary/aromatic N) is 5. The highest BCUT2D eigenvalue weighted by Crippen LogP contribution is 2.32. The zero-order valence-electron chi connectivity index (χ0n) is 20.7. The second-order valence-corrected chi connectivity index (χ2v) is 10.0. The van der Waals surface area contributed by atoms with Crippen LogP contribution in [-0.4, -0.2) is 66.6 Å². The molecule has 1 aliphatic rings. The number of benzene rings is 2. The number of amides is 2. The van der Waals surface area contributed by atoms with Gasteiger partial charge in [0, 0.05) is 36.5 Å². The van der Waals surface area contributed by atoms with Crippen LogP contribution in [0.15, 0.2) is 36.7 Å². The first kappa shape index (κ1) is 26.1. The highest BCUT2D eigenvalue weighted by Gasteiger charge is 2.24. The van der Waals surface area contributed by atoms with E-state index in [1.807, 2.05) is 6.07 Å². The molecule has 10 nitrogen and oxygen atoms in total. The largest absolute Gasteiger partial charge is 0.359 e.